The minimum Gasteiger partial charge on any atom is -0.439 e. The van der Waals surface area contributed by atoms with Gasteiger partial charge in [-0.15, -0.1) is 11.3 Å². The molecule has 0 aliphatic carbocycles. The second-order valence-electron chi connectivity index (χ2n) is 6.95. The number of carbonyl (C=O) groups excluding carboxylic acids is 1. The zero-order chi connectivity index (χ0) is 16.1. The second kappa shape index (κ2) is 5.29. The SMILES string of the molecule is O=C1O[C@]2(CN3CCC2CC3)CN1c1csc(-c2ccccc2)n1. The first kappa shape index (κ1) is 14.4. The maximum Gasteiger partial charge on any atom is 0.416 e. The lowest BCUT2D eigenvalue weighted by atomic mass is 9.75. The van der Waals surface area contributed by atoms with Crippen molar-refractivity contribution < 1.29 is 9.53 Å². The molecule has 1 spiro atoms. The first-order valence-electron chi connectivity index (χ1n) is 8.47. The monoisotopic (exact) mass is 341 g/mol. The Kier molecular flexibility index (Phi) is 3.18. The van der Waals surface area contributed by atoms with Gasteiger partial charge in [0, 0.05) is 23.4 Å². The summed E-state index contributed by atoms with van der Waals surface area (Å²) in [5.74, 6) is 1.21. The highest BCUT2D eigenvalue weighted by molar-refractivity contribution is 7.13. The van der Waals surface area contributed by atoms with Crippen molar-refractivity contribution in [2.45, 2.75) is 18.4 Å². The third kappa shape index (κ3) is 2.17. The molecule has 0 unspecified atom stereocenters. The number of amides is 1. The van der Waals surface area contributed by atoms with Crippen LogP contribution in [0.2, 0.25) is 0 Å². The average molecular weight is 341 g/mol. The Hall–Kier alpha value is -1.92. The van der Waals surface area contributed by atoms with Gasteiger partial charge in [0.05, 0.1) is 6.54 Å². The third-order valence-electron chi connectivity index (χ3n) is 5.55. The number of nitrogens with zero attached hydrogens (tertiary/aromatic N) is 3. The molecular weight excluding hydrogens is 322 g/mol. The number of anilines is 1. The van der Waals surface area contributed by atoms with Crippen LogP contribution in [0, 0.1) is 5.92 Å². The van der Waals surface area contributed by atoms with Gasteiger partial charge in [0.1, 0.15) is 16.4 Å². The Labute approximate surface area is 144 Å². The summed E-state index contributed by atoms with van der Waals surface area (Å²) in [5, 5.41) is 2.90. The minimum absolute atomic E-state index is 0.242. The zero-order valence-corrected chi connectivity index (χ0v) is 14.2. The summed E-state index contributed by atoms with van der Waals surface area (Å²) in [7, 11) is 0. The Bertz CT molecular complexity index is 770. The van der Waals surface area contributed by atoms with Crippen LogP contribution in [0.3, 0.4) is 0 Å². The molecule has 5 nitrogen and oxygen atoms in total. The Morgan fingerprint density at radius 1 is 1.17 bits per heavy atom. The van der Waals surface area contributed by atoms with Crippen molar-refractivity contribution in [3.63, 3.8) is 0 Å². The van der Waals surface area contributed by atoms with E-state index in [1.54, 1.807) is 16.2 Å². The van der Waals surface area contributed by atoms with Gasteiger partial charge in [0.2, 0.25) is 0 Å². The van der Waals surface area contributed by atoms with Crippen LogP contribution in [0.25, 0.3) is 10.6 Å². The Morgan fingerprint density at radius 2 is 1.96 bits per heavy atom. The van der Waals surface area contributed by atoms with E-state index in [1.165, 1.54) is 0 Å². The molecule has 1 amide bonds. The van der Waals surface area contributed by atoms with Crippen molar-refractivity contribution in [2.75, 3.05) is 31.1 Å². The summed E-state index contributed by atoms with van der Waals surface area (Å²) in [5.41, 5.74) is 0.753. The summed E-state index contributed by atoms with van der Waals surface area (Å²) in [6, 6.07) is 10.1. The van der Waals surface area contributed by atoms with E-state index in [4.69, 9.17) is 4.74 Å². The highest BCUT2D eigenvalue weighted by Crippen LogP contribution is 2.43. The van der Waals surface area contributed by atoms with Crippen LogP contribution in [-0.4, -0.2) is 47.8 Å². The molecule has 24 heavy (non-hydrogen) atoms. The number of thiazole rings is 1. The van der Waals surface area contributed by atoms with Crippen LogP contribution in [0.15, 0.2) is 35.7 Å². The number of benzene rings is 1. The van der Waals surface area contributed by atoms with E-state index in [9.17, 15) is 4.79 Å². The number of carbonyl (C=O) groups is 1. The molecule has 1 aromatic heterocycles. The number of rotatable bonds is 2. The quantitative estimate of drug-likeness (QED) is 0.841. The summed E-state index contributed by atoms with van der Waals surface area (Å²) >= 11 is 1.57. The maximum absolute atomic E-state index is 12.5. The average Bonchev–Trinajstić information content (AvgIpc) is 3.22. The van der Waals surface area contributed by atoms with Crippen molar-refractivity contribution in [1.82, 2.24) is 9.88 Å². The van der Waals surface area contributed by atoms with E-state index >= 15 is 0 Å². The van der Waals surface area contributed by atoms with Gasteiger partial charge in [-0.2, -0.15) is 0 Å². The molecule has 4 fully saturated rings. The maximum atomic E-state index is 12.5. The Balaban J connectivity index is 1.42. The number of hydrogen-bond donors (Lipinski definition) is 0. The van der Waals surface area contributed by atoms with Gasteiger partial charge < -0.3 is 4.74 Å². The number of aromatic nitrogens is 1. The molecule has 1 aromatic carbocycles. The van der Waals surface area contributed by atoms with E-state index in [2.05, 4.69) is 9.88 Å². The fourth-order valence-corrected chi connectivity index (χ4v) is 5.11. The molecule has 6 rings (SSSR count). The highest BCUT2D eigenvalue weighted by Gasteiger charge is 2.56. The fraction of sp³-hybridized carbons (Fsp3) is 0.444. The van der Waals surface area contributed by atoms with Crippen molar-refractivity contribution in [1.29, 1.82) is 0 Å². The van der Waals surface area contributed by atoms with Crippen molar-refractivity contribution in [3.8, 4) is 10.6 Å². The molecule has 2 aromatic rings. The van der Waals surface area contributed by atoms with E-state index in [0.717, 1.165) is 48.9 Å². The zero-order valence-electron chi connectivity index (χ0n) is 13.4. The van der Waals surface area contributed by atoms with Crippen LogP contribution in [0.4, 0.5) is 10.6 Å². The van der Waals surface area contributed by atoms with Crippen LogP contribution in [0.1, 0.15) is 12.8 Å². The van der Waals surface area contributed by atoms with E-state index in [1.807, 2.05) is 35.7 Å². The van der Waals surface area contributed by atoms with E-state index in [-0.39, 0.29) is 11.7 Å². The molecule has 0 saturated carbocycles. The predicted octanol–water partition coefficient (Wildman–Crippen LogP) is 3.23. The van der Waals surface area contributed by atoms with Gasteiger partial charge in [-0.05, 0) is 25.9 Å². The smallest absolute Gasteiger partial charge is 0.416 e. The van der Waals surface area contributed by atoms with Crippen molar-refractivity contribution in [3.05, 3.63) is 35.7 Å². The lowest BCUT2D eigenvalue weighted by Gasteiger charge is -2.49. The summed E-state index contributed by atoms with van der Waals surface area (Å²) in [6.07, 6.45) is 2.02. The standard InChI is InChI=1S/C18H19N3O2S/c22-17-21(12-18(23-17)11-20-8-6-14(18)7-9-20)15-10-24-16(19-15)13-4-2-1-3-5-13/h1-5,10,14H,6-9,11-12H2/t18-/m1/s1. The first-order chi connectivity index (χ1) is 11.7. The fourth-order valence-electron chi connectivity index (χ4n) is 4.29. The van der Waals surface area contributed by atoms with Crippen LogP contribution in [-0.2, 0) is 4.74 Å². The topological polar surface area (TPSA) is 45.7 Å². The molecule has 4 saturated heterocycles. The molecule has 5 heterocycles. The second-order valence-corrected chi connectivity index (χ2v) is 7.80. The molecule has 4 aliphatic heterocycles. The van der Waals surface area contributed by atoms with Crippen molar-refractivity contribution in [2.24, 2.45) is 5.92 Å². The lowest BCUT2D eigenvalue weighted by molar-refractivity contribution is -0.0881. The van der Waals surface area contributed by atoms with E-state index < -0.39 is 0 Å². The summed E-state index contributed by atoms with van der Waals surface area (Å²) < 4.78 is 5.92. The molecule has 1 atom stereocenters. The summed E-state index contributed by atoms with van der Waals surface area (Å²) in [4.78, 5) is 21.4. The minimum atomic E-state index is -0.329. The molecule has 0 N–H and O–H groups in total. The number of fused-ring (bicyclic) bond motifs is 2. The van der Waals surface area contributed by atoms with Gasteiger partial charge >= 0.3 is 6.09 Å². The van der Waals surface area contributed by atoms with Gasteiger partial charge in [-0.3, -0.25) is 9.80 Å². The highest BCUT2D eigenvalue weighted by atomic mass is 32.1. The van der Waals surface area contributed by atoms with Gasteiger partial charge in [-0.25, -0.2) is 9.78 Å². The molecule has 4 aliphatic rings. The predicted molar refractivity (Wildman–Crippen MR) is 93.3 cm³/mol. The van der Waals surface area contributed by atoms with Gasteiger partial charge in [0.25, 0.3) is 0 Å². The lowest BCUT2D eigenvalue weighted by Crippen LogP contribution is -2.61. The number of hydrogen-bond acceptors (Lipinski definition) is 5. The first-order valence-corrected chi connectivity index (χ1v) is 9.35. The molecule has 6 heteroatoms. The molecular formula is C18H19N3O2S. The number of piperidine rings is 3. The third-order valence-corrected chi connectivity index (χ3v) is 6.43. The van der Waals surface area contributed by atoms with Gasteiger partial charge in [0.15, 0.2) is 0 Å². The Morgan fingerprint density at radius 3 is 2.67 bits per heavy atom. The van der Waals surface area contributed by atoms with Crippen molar-refractivity contribution >= 4 is 23.2 Å². The summed E-state index contributed by atoms with van der Waals surface area (Å²) in [6.45, 7) is 3.78. The normalized spacial score (nSPS) is 31.7. The molecule has 0 radical (unpaired) electrons. The van der Waals surface area contributed by atoms with Crippen LogP contribution in [0.5, 0.6) is 0 Å². The molecule has 124 valence electrons. The van der Waals surface area contributed by atoms with Crippen LogP contribution >= 0.6 is 11.3 Å². The molecule has 2 bridgehead atoms. The van der Waals surface area contributed by atoms with E-state index in [0.29, 0.717) is 12.5 Å². The largest absolute Gasteiger partial charge is 0.439 e. The van der Waals surface area contributed by atoms with Crippen LogP contribution < -0.4 is 4.90 Å². The number of ether oxygens (including phenoxy) is 1. The van der Waals surface area contributed by atoms with Gasteiger partial charge in [-0.1, -0.05) is 30.3 Å².